The molecule has 176 valence electrons. The van der Waals surface area contributed by atoms with Crippen molar-refractivity contribution in [3.63, 3.8) is 0 Å². The van der Waals surface area contributed by atoms with E-state index >= 15 is 0 Å². The molecule has 2 amide bonds. The van der Waals surface area contributed by atoms with E-state index in [0.717, 1.165) is 39.0 Å². The van der Waals surface area contributed by atoms with E-state index in [1.54, 1.807) is 16.9 Å². The van der Waals surface area contributed by atoms with Gasteiger partial charge in [-0.2, -0.15) is 0 Å². The first-order valence-electron chi connectivity index (χ1n) is 11.9. The zero-order valence-electron chi connectivity index (χ0n) is 19.8. The maximum atomic E-state index is 13.8. The van der Waals surface area contributed by atoms with Gasteiger partial charge in [0.25, 0.3) is 0 Å². The Hall–Kier alpha value is -4.06. The van der Waals surface area contributed by atoms with E-state index in [9.17, 15) is 9.59 Å². The number of hydrogen-bond donors (Lipinski definition) is 1. The number of piperazine rings is 1. The van der Waals surface area contributed by atoms with Gasteiger partial charge >= 0.3 is 0 Å². The molecule has 1 aromatic heterocycles. The molecule has 35 heavy (non-hydrogen) atoms. The predicted molar refractivity (Wildman–Crippen MR) is 134 cm³/mol. The van der Waals surface area contributed by atoms with Gasteiger partial charge in [-0.1, -0.05) is 60.2 Å². The van der Waals surface area contributed by atoms with Gasteiger partial charge in [0, 0.05) is 29.6 Å². The standard InChI is InChI=1S/C29H27N3O3/c1-18-7-9-19(10-8-18)16-31-17-26(33)32-25(29(31)34)15-23-22-5-3-4-6-24(22)30-27(23)28(32)20-11-13-21(35-2)14-12-20/h3-14,25,28,30H,15-17H2,1-2H3/t25-,28+/m0/s1. The smallest absolute Gasteiger partial charge is 0.246 e. The lowest BCUT2D eigenvalue weighted by molar-refractivity contribution is -0.159. The summed E-state index contributed by atoms with van der Waals surface area (Å²) in [6.07, 6.45) is 0.501. The summed E-state index contributed by atoms with van der Waals surface area (Å²) in [5, 5.41) is 1.11. The summed E-state index contributed by atoms with van der Waals surface area (Å²) in [5.74, 6) is 0.717. The van der Waals surface area contributed by atoms with Crippen molar-refractivity contribution < 1.29 is 14.3 Å². The first-order chi connectivity index (χ1) is 17.0. The van der Waals surface area contributed by atoms with Crippen molar-refractivity contribution in [2.45, 2.75) is 32.0 Å². The van der Waals surface area contributed by atoms with Crippen molar-refractivity contribution in [1.82, 2.24) is 14.8 Å². The van der Waals surface area contributed by atoms with E-state index < -0.39 is 6.04 Å². The lowest BCUT2D eigenvalue weighted by Crippen LogP contribution is -2.62. The molecule has 0 bridgehead atoms. The number of carbonyl (C=O) groups excluding carboxylic acids is 2. The summed E-state index contributed by atoms with van der Waals surface area (Å²) in [4.78, 5) is 34.6. The summed E-state index contributed by atoms with van der Waals surface area (Å²) < 4.78 is 5.35. The van der Waals surface area contributed by atoms with Crippen molar-refractivity contribution in [3.05, 3.63) is 101 Å². The molecule has 1 N–H and O–H groups in total. The van der Waals surface area contributed by atoms with Crippen LogP contribution in [-0.2, 0) is 22.6 Å². The molecule has 3 heterocycles. The number of aryl methyl sites for hydroxylation is 1. The minimum absolute atomic E-state index is 0.000354. The Bertz CT molecular complexity index is 1420. The number of aromatic nitrogens is 1. The van der Waals surface area contributed by atoms with Crippen LogP contribution in [0.5, 0.6) is 5.75 Å². The molecule has 1 fully saturated rings. The summed E-state index contributed by atoms with van der Waals surface area (Å²) in [6, 6.07) is 23.2. The molecule has 0 saturated carbocycles. The maximum absolute atomic E-state index is 13.8. The Balaban J connectivity index is 1.43. The quantitative estimate of drug-likeness (QED) is 0.487. The lowest BCUT2D eigenvalue weighted by atomic mass is 9.86. The van der Waals surface area contributed by atoms with Gasteiger partial charge in [0.1, 0.15) is 18.3 Å². The molecule has 6 heteroatoms. The van der Waals surface area contributed by atoms with E-state index in [1.165, 1.54) is 5.56 Å². The minimum atomic E-state index is -0.541. The molecule has 2 aliphatic heterocycles. The van der Waals surface area contributed by atoms with Gasteiger partial charge in [-0.25, -0.2) is 0 Å². The number of nitrogens with zero attached hydrogens (tertiary/aromatic N) is 2. The largest absolute Gasteiger partial charge is 0.497 e. The zero-order valence-corrected chi connectivity index (χ0v) is 19.8. The third kappa shape index (κ3) is 3.57. The second-order valence-electron chi connectivity index (χ2n) is 9.44. The second-order valence-corrected chi connectivity index (χ2v) is 9.44. The van der Waals surface area contributed by atoms with Crippen molar-refractivity contribution in [2.75, 3.05) is 13.7 Å². The van der Waals surface area contributed by atoms with Crippen LogP contribution in [0.2, 0.25) is 0 Å². The molecule has 2 atom stereocenters. The molecule has 3 aromatic carbocycles. The fourth-order valence-corrected chi connectivity index (χ4v) is 5.50. The van der Waals surface area contributed by atoms with Crippen LogP contribution in [0, 0.1) is 6.92 Å². The van der Waals surface area contributed by atoms with Gasteiger partial charge in [-0.15, -0.1) is 0 Å². The number of aromatic amines is 1. The lowest BCUT2D eigenvalue weighted by Gasteiger charge is -2.47. The van der Waals surface area contributed by atoms with Crippen molar-refractivity contribution >= 4 is 22.7 Å². The van der Waals surface area contributed by atoms with Crippen LogP contribution in [-0.4, -0.2) is 46.3 Å². The van der Waals surface area contributed by atoms with Gasteiger partial charge in [-0.05, 0) is 41.8 Å². The highest BCUT2D eigenvalue weighted by Crippen LogP contribution is 2.42. The van der Waals surface area contributed by atoms with E-state index in [1.807, 2.05) is 73.7 Å². The zero-order chi connectivity index (χ0) is 24.1. The number of fused-ring (bicyclic) bond motifs is 4. The minimum Gasteiger partial charge on any atom is -0.497 e. The van der Waals surface area contributed by atoms with Crippen molar-refractivity contribution in [3.8, 4) is 5.75 Å². The first kappa shape index (κ1) is 21.5. The molecule has 2 aliphatic rings. The van der Waals surface area contributed by atoms with E-state index in [4.69, 9.17) is 4.74 Å². The normalized spacial score (nSPS) is 19.6. The SMILES string of the molecule is COc1ccc([C@@H]2c3[nH]c4ccccc4c3C[C@H]3C(=O)N(Cc4ccc(C)cc4)CC(=O)N23)cc1. The first-order valence-corrected chi connectivity index (χ1v) is 11.9. The topological polar surface area (TPSA) is 65.6 Å². The van der Waals surface area contributed by atoms with Crippen LogP contribution in [0.25, 0.3) is 10.9 Å². The molecule has 0 radical (unpaired) electrons. The third-order valence-electron chi connectivity index (χ3n) is 7.27. The number of para-hydroxylation sites is 1. The van der Waals surface area contributed by atoms with Crippen LogP contribution in [0.1, 0.15) is 34.0 Å². The molecule has 0 aliphatic carbocycles. The number of rotatable bonds is 4. The number of H-pyrrole nitrogens is 1. The molecular formula is C29H27N3O3. The number of ether oxygens (including phenoxy) is 1. The Morgan fingerprint density at radius 1 is 0.971 bits per heavy atom. The van der Waals surface area contributed by atoms with Gasteiger partial charge < -0.3 is 19.5 Å². The number of amides is 2. The van der Waals surface area contributed by atoms with Gasteiger partial charge in [0.05, 0.1) is 13.2 Å². The third-order valence-corrected chi connectivity index (χ3v) is 7.27. The molecular weight excluding hydrogens is 438 g/mol. The molecule has 4 aromatic rings. The predicted octanol–water partition coefficient (Wildman–Crippen LogP) is 4.37. The number of methoxy groups -OCH3 is 1. The maximum Gasteiger partial charge on any atom is 0.246 e. The number of benzene rings is 3. The summed E-state index contributed by atoms with van der Waals surface area (Å²) in [7, 11) is 1.64. The van der Waals surface area contributed by atoms with Gasteiger partial charge in [0.15, 0.2) is 0 Å². The van der Waals surface area contributed by atoms with Crippen LogP contribution in [0.15, 0.2) is 72.8 Å². The monoisotopic (exact) mass is 465 g/mol. The number of nitrogens with one attached hydrogen (secondary N) is 1. The van der Waals surface area contributed by atoms with Crippen LogP contribution in [0.4, 0.5) is 0 Å². The molecule has 6 rings (SSSR count). The average Bonchev–Trinajstić information content (AvgIpc) is 3.26. The highest BCUT2D eigenvalue weighted by atomic mass is 16.5. The Labute approximate surface area is 204 Å². The highest BCUT2D eigenvalue weighted by molar-refractivity contribution is 5.97. The van der Waals surface area contributed by atoms with Gasteiger partial charge in [0.2, 0.25) is 11.8 Å². The number of hydrogen-bond acceptors (Lipinski definition) is 3. The van der Waals surface area contributed by atoms with Crippen molar-refractivity contribution in [1.29, 1.82) is 0 Å². The summed E-state index contributed by atoms with van der Waals surface area (Å²) >= 11 is 0. The van der Waals surface area contributed by atoms with Crippen molar-refractivity contribution in [2.24, 2.45) is 0 Å². The number of carbonyl (C=O) groups is 2. The van der Waals surface area contributed by atoms with E-state index in [0.29, 0.717) is 13.0 Å². The van der Waals surface area contributed by atoms with Gasteiger partial charge in [-0.3, -0.25) is 9.59 Å². The fourth-order valence-electron chi connectivity index (χ4n) is 5.50. The summed E-state index contributed by atoms with van der Waals surface area (Å²) in [5.41, 5.74) is 6.27. The average molecular weight is 466 g/mol. The van der Waals surface area contributed by atoms with E-state index in [2.05, 4.69) is 11.1 Å². The molecule has 6 nitrogen and oxygen atoms in total. The second kappa shape index (κ2) is 8.31. The molecule has 0 unspecified atom stereocenters. The van der Waals surface area contributed by atoms with Crippen LogP contribution < -0.4 is 4.74 Å². The Morgan fingerprint density at radius 3 is 2.46 bits per heavy atom. The fraction of sp³-hybridized carbons (Fsp3) is 0.241. The Morgan fingerprint density at radius 2 is 1.71 bits per heavy atom. The summed E-state index contributed by atoms with van der Waals surface area (Å²) in [6.45, 7) is 2.55. The van der Waals surface area contributed by atoms with E-state index in [-0.39, 0.29) is 24.4 Å². The highest BCUT2D eigenvalue weighted by Gasteiger charge is 2.48. The van der Waals surface area contributed by atoms with Crippen LogP contribution >= 0.6 is 0 Å². The Kier molecular flexibility index (Phi) is 5.10. The van der Waals surface area contributed by atoms with Crippen LogP contribution in [0.3, 0.4) is 0 Å². The molecule has 0 spiro atoms. The molecule has 1 saturated heterocycles.